The molecule has 0 unspecified atom stereocenters. The monoisotopic (exact) mass is 541 g/mol. The number of sulfonamides is 1. The number of furan rings is 1. The molecular formula is C26H24ClN3O6S. The topological polar surface area (TPSA) is 132 Å². The Labute approximate surface area is 219 Å². The Morgan fingerprint density at radius 3 is 2.51 bits per heavy atom. The Balaban J connectivity index is 1.56. The highest BCUT2D eigenvalue weighted by Gasteiger charge is 2.29. The number of carbonyl (C=O) groups is 2. The van der Waals surface area contributed by atoms with Crippen LogP contribution in [0.15, 0.2) is 74.6 Å². The van der Waals surface area contributed by atoms with E-state index in [0.29, 0.717) is 34.1 Å². The minimum Gasteiger partial charge on any atom is -0.462 e. The minimum absolute atomic E-state index is 0.0685. The summed E-state index contributed by atoms with van der Waals surface area (Å²) >= 11 is 6.21. The molecule has 3 aromatic rings. The summed E-state index contributed by atoms with van der Waals surface area (Å²) in [6.07, 6.45) is 1.57. The number of anilines is 1. The van der Waals surface area contributed by atoms with Gasteiger partial charge in [-0.3, -0.25) is 4.79 Å². The molecule has 9 nitrogen and oxygen atoms in total. The highest BCUT2D eigenvalue weighted by Crippen LogP contribution is 2.30. The van der Waals surface area contributed by atoms with Gasteiger partial charge in [-0.25, -0.2) is 18.4 Å². The number of hydrazone groups is 1. The molecule has 1 aliphatic rings. The SMILES string of the molecule is CC1=NN(c2ccc(S(N)(=O)=O)cc2)C(=O)C1=Cc1ccc(-c2ccc(Cl)c(C(=O)OCC(C)C)c2)o1. The average molecular weight is 542 g/mol. The first kappa shape index (κ1) is 26.3. The van der Waals surface area contributed by atoms with E-state index < -0.39 is 21.9 Å². The summed E-state index contributed by atoms with van der Waals surface area (Å²) in [5.41, 5.74) is 2.00. The number of amides is 1. The smallest absolute Gasteiger partial charge is 0.339 e. The molecule has 0 aliphatic carbocycles. The number of esters is 1. The van der Waals surface area contributed by atoms with Crippen molar-refractivity contribution in [1.29, 1.82) is 0 Å². The molecule has 11 heteroatoms. The van der Waals surface area contributed by atoms with Crippen molar-refractivity contribution in [3.05, 3.63) is 76.5 Å². The van der Waals surface area contributed by atoms with Crippen molar-refractivity contribution in [3.63, 3.8) is 0 Å². The van der Waals surface area contributed by atoms with E-state index >= 15 is 0 Å². The molecule has 0 spiro atoms. The van der Waals surface area contributed by atoms with Gasteiger partial charge in [-0.15, -0.1) is 0 Å². The van der Waals surface area contributed by atoms with Gasteiger partial charge >= 0.3 is 5.97 Å². The van der Waals surface area contributed by atoms with E-state index in [1.807, 2.05) is 13.8 Å². The van der Waals surface area contributed by atoms with E-state index in [-0.39, 0.29) is 28.0 Å². The second-order valence-corrected chi connectivity index (χ2v) is 10.8. The van der Waals surface area contributed by atoms with Crippen LogP contribution in [-0.4, -0.2) is 32.6 Å². The van der Waals surface area contributed by atoms with Crippen LogP contribution in [0.4, 0.5) is 5.69 Å². The predicted octanol–water partition coefficient (Wildman–Crippen LogP) is 4.87. The lowest BCUT2D eigenvalue weighted by molar-refractivity contribution is -0.114. The predicted molar refractivity (Wildman–Crippen MR) is 141 cm³/mol. The molecule has 1 aromatic heterocycles. The van der Waals surface area contributed by atoms with Crippen LogP contribution in [0.1, 0.15) is 36.9 Å². The maximum Gasteiger partial charge on any atom is 0.339 e. The van der Waals surface area contributed by atoms with Crippen molar-refractivity contribution in [2.24, 2.45) is 16.2 Å². The third kappa shape index (κ3) is 5.82. The molecule has 0 atom stereocenters. The first-order chi connectivity index (χ1) is 17.4. The molecule has 1 aliphatic heterocycles. The van der Waals surface area contributed by atoms with Crippen LogP contribution in [0.2, 0.25) is 5.02 Å². The van der Waals surface area contributed by atoms with Crippen LogP contribution >= 0.6 is 11.6 Å². The lowest BCUT2D eigenvalue weighted by Crippen LogP contribution is -2.21. The number of carbonyl (C=O) groups excluding carboxylic acids is 2. The highest BCUT2D eigenvalue weighted by molar-refractivity contribution is 7.89. The van der Waals surface area contributed by atoms with E-state index in [1.165, 1.54) is 29.3 Å². The fraction of sp³-hybridized carbons (Fsp3) is 0.192. The molecule has 2 heterocycles. The maximum absolute atomic E-state index is 13.0. The maximum atomic E-state index is 13.0. The summed E-state index contributed by atoms with van der Waals surface area (Å²) in [5, 5.41) is 10.9. The highest BCUT2D eigenvalue weighted by atomic mass is 35.5. The molecule has 0 saturated heterocycles. The van der Waals surface area contributed by atoms with Crippen molar-refractivity contribution >= 4 is 51.0 Å². The normalized spacial score (nSPS) is 15.0. The van der Waals surface area contributed by atoms with Crippen LogP contribution in [0, 0.1) is 5.92 Å². The number of hydrogen-bond acceptors (Lipinski definition) is 7. The molecule has 0 saturated carbocycles. The van der Waals surface area contributed by atoms with Gasteiger partial charge in [0, 0.05) is 5.56 Å². The van der Waals surface area contributed by atoms with Gasteiger partial charge in [-0.05, 0) is 73.5 Å². The van der Waals surface area contributed by atoms with Crippen molar-refractivity contribution < 1.29 is 27.2 Å². The summed E-state index contributed by atoms with van der Waals surface area (Å²) in [7, 11) is -3.85. The van der Waals surface area contributed by atoms with Gasteiger partial charge in [-0.2, -0.15) is 10.1 Å². The number of benzene rings is 2. The van der Waals surface area contributed by atoms with Crippen LogP contribution in [-0.2, 0) is 19.6 Å². The average Bonchev–Trinajstić information content (AvgIpc) is 3.42. The molecule has 0 bridgehead atoms. The van der Waals surface area contributed by atoms with Crippen molar-refractivity contribution in [1.82, 2.24) is 0 Å². The van der Waals surface area contributed by atoms with Crippen LogP contribution in [0.3, 0.4) is 0 Å². The Kier molecular flexibility index (Phi) is 7.35. The third-order valence-corrected chi connectivity index (χ3v) is 6.66. The van der Waals surface area contributed by atoms with Gasteiger partial charge in [0.2, 0.25) is 10.0 Å². The van der Waals surface area contributed by atoms with E-state index in [4.69, 9.17) is 25.9 Å². The summed E-state index contributed by atoms with van der Waals surface area (Å²) in [6, 6.07) is 13.8. The lowest BCUT2D eigenvalue weighted by atomic mass is 10.1. The molecule has 1 amide bonds. The number of nitrogens with zero attached hydrogens (tertiary/aromatic N) is 2. The standard InChI is InChI=1S/C26H24ClN3O6S/c1-15(2)14-35-26(32)22-12-17(4-10-23(22)27)24-11-7-19(36-24)13-21-16(3)29-30(25(21)31)18-5-8-20(9-6-18)37(28,33)34/h4-13,15H,14H2,1-3H3,(H2,28,33,34). The fourth-order valence-electron chi connectivity index (χ4n) is 3.52. The molecule has 0 radical (unpaired) electrons. The van der Waals surface area contributed by atoms with Crippen LogP contribution in [0.5, 0.6) is 0 Å². The summed E-state index contributed by atoms with van der Waals surface area (Å²) in [4.78, 5) is 25.4. The first-order valence-electron chi connectivity index (χ1n) is 11.3. The van der Waals surface area contributed by atoms with E-state index in [1.54, 1.807) is 43.3 Å². The summed E-state index contributed by atoms with van der Waals surface area (Å²) in [5.74, 6) is 0.139. The second kappa shape index (κ2) is 10.3. The zero-order chi connectivity index (χ0) is 26.9. The largest absolute Gasteiger partial charge is 0.462 e. The zero-order valence-electron chi connectivity index (χ0n) is 20.3. The molecule has 37 heavy (non-hydrogen) atoms. The summed E-state index contributed by atoms with van der Waals surface area (Å²) in [6.45, 7) is 5.84. The number of primary sulfonamides is 1. The second-order valence-electron chi connectivity index (χ2n) is 8.79. The Hall–Kier alpha value is -3.73. The molecule has 192 valence electrons. The van der Waals surface area contributed by atoms with Gasteiger partial charge in [0.15, 0.2) is 0 Å². The summed E-state index contributed by atoms with van der Waals surface area (Å²) < 4.78 is 34.2. The lowest BCUT2D eigenvalue weighted by Gasteiger charge is -2.12. The van der Waals surface area contributed by atoms with Crippen molar-refractivity contribution in [3.8, 4) is 11.3 Å². The van der Waals surface area contributed by atoms with Crippen molar-refractivity contribution in [2.45, 2.75) is 25.7 Å². The first-order valence-corrected chi connectivity index (χ1v) is 13.2. The fourth-order valence-corrected chi connectivity index (χ4v) is 4.23. The molecule has 2 aromatic carbocycles. The number of rotatable bonds is 7. The number of hydrogen-bond donors (Lipinski definition) is 1. The quantitative estimate of drug-likeness (QED) is 0.335. The van der Waals surface area contributed by atoms with Gasteiger partial charge in [0.25, 0.3) is 5.91 Å². The van der Waals surface area contributed by atoms with Crippen molar-refractivity contribution in [2.75, 3.05) is 11.6 Å². The molecule has 0 fully saturated rings. The number of nitrogens with two attached hydrogens (primary N) is 1. The molecular weight excluding hydrogens is 518 g/mol. The minimum atomic E-state index is -3.85. The van der Waals surface area contributed by atoms with E-state index in [0.717, 1.165) is 0 Å². The van der Waals surface area contributed by atoms with Gasteiger partial charge in [0.1, 0.15) is 11.5 Å². The van der Waals surface area contributed by atoms with Crippen LogP contribution in [0.25, 0.3) is 17.4 Å². The van der Waals surface area contributed by atoms with Gasteiger partial charge < -0.3 is 9.15 Å². The third-order valence-electron chi connectivity index (χ3n) is 5.40. The Morgan fingerprint density at radius 2 is 1.86 bits per heavy atom. The zero-order valence-corrected chi connectivity index (χ0v) is 21.8. The Morgan fingerprint density at radius 1 is 1.16 bits per heavy atom. The van der Waals surface area contributed by atoms with E-state index in [2.05, 4.69) is 5.10 Å². The Bertz CT molecular complexity index is 1540. The van der Waals surface area contributed by atoms with Gasteiger partial charge in [0.05, 0.1) is 39.1 Å². The molecule has 4 rings (SSSR count). The van der Waals surface area contributed by atoms with Gasteiger partial charge in [-0.1, -0.05) is 25.4 Å². The number of halogens is 1. The number of ether oxygens (including phenoxy) is 1. The molecule has 2 N–H and O–H groups in total. The van der Waals surface area contributed by atoms with E-state index in [9.17, 15) is 18.0 Å². The van der Waals surface area contributed by atoms with Crippen LogP contribution < -0.4 is 10.1 Å².